The van der Waals surface area contributed by atoms with Gasteiger partial charge in [0.2, 0.25) is 0 Å². The van der Waals surface area contributed by atoms with Crippen molar-refractivity contribution < 1.29 is 9.53 Å². The van der Waals surface area contributed by atoms with E-state index in [9.17, 15) is 4.79 Å². The van der Waals surface area contributed by atoms with E-state index in [4.69, 9.17) is 4.74 Å². The molecule has 2 aromatic rings. The molecule has 0 aromatic heterocycles. The molecule has 130 valence electrons. The van der Waals surface area contributed by atoms with E-state index in [1.807, 2.05) is 36.4 Å². The van der Waals surface area contributed by atoms with Crippen molar-refractivity contribution in [3.63, 3.8) is 0 Å². The predicted octanol–water partition coefficient (Wildman–Crippen LogP) is 4.60. The van der Waals surface area contributed by atoms with Crippen molar-refractivity contribution in [1.29, 1.82) is 0 Å². The van der Waals surface area contributed by atoms with Crippen molar-refractivity contribution in [3.8, 4) is 5.75 Å². The zero-order valence-electron chi connectivity index (χ0n) is 14.6. The molecule has 1 saturated carbocycles. The normalized spacial score (nSPS) is 17.0. The number of hydrogen-bond acceptors (Lipinski definition) is 2. The number of amides is 1. The Bertz CT molecular complexity index is 735. The van der Waals surface area contributed by atoms with Gasteiger partial charge in [-0.1, -0.05) is 49.6 Å². The lowest BCUT2D eigenvalue weighted by Gasteiger charge is -2.34. The number of carbonyl (C=O) groups excluding carboxylic acids is 1. The Morgan fingerprint density at radius 1 is 1.04 bits per heavy atom. The van der Waals surface area contributed by atoms with Crippen LogP contribution >= 0.6 is 0 Å². The molecule has 0 bridgehead atoms. The molecule has 1 fully saturated rings. The molecule has 0 spiro atoms. The number of fused-ring (bicyclic) bond motifs is 1. The van der Waals surface area contributed by atoms with Crippen molar-refractivity contribution in [1.82, 2.24) is 4.90 Å². The smallest absolute Gasteiger partial charge is 0.254 e. The molecule has 1 aliphatic heterocycles. The Labute approximate surface area is 149 Å². The summed E-state index contributed by atoms with van der Waals surface area (Å²) >= 11 is 0. The minimum Gasteiger partial charge on any atom is -0.493 e. The first-order valence-corrected chi connectivity index (χ1v) is 9.42. The molecule has 0 radical (unpaired) electrons. The molecular weight excluding hydrogens is 310 g/mol. The Morgan fingerprint density at radius 2 is 1.84 bits per heavy atom. The first-order chi connectivity index (χ1) is 12.3. The highest BCUT2D eigenvalue weighted by atomic mass is 16.5. The van der Waals surface area contributed by atoms with Crippen LogP contribution < -0.4 is 4.74 Å². The zero-order valence-corrected chi connectivity index (χ0v) is 14.6. The Morgan fingerprint density at radius 3 is 2.64 bits per heavy atom. The number of benzene rings is 2. The highest BCUT2D eigenvalue weighted by molar-refractivity contribution is 5.95. The third kappa shape index (κ3) is 3.55. The van der Waals surface area contributed by atoms with Crippen LogP contribution in [0.15, 0.2) is 48.5 Å². The summed E-state index contributed by atoms with van der Waals surface area (Å²) in [5.41, 5.74) is 3.16. The molecule has 25 heavy (non-hydrogen) atoms. The van der Waals surface area contributed by atoms with Crippen LogP contribution in [0, 0.1) is 0 Å². The zero-order chi connectivity index (χ0) is 17.1. The van der Waals surface area contributed by atoms with Crippen molar-refractivity contribution in [3.05, 3.63) is 65.2 Å². The second kappa shape index (κ2) is 7.30. The van der Waals surface area contributed by atoms with Crippen LogP contribution in [0.1, 0.15) is 53.6 Å². The van der Waals surface area contributed by atoms with Crippen LogP contribution in [0.3, 0.4) is 0 Å². The predicted molar refractivity (Wildman–Crippen MR) is 98.8 cm³/mol. The van der Waals surface area contributed by atoms with Gasteiger partial charge in [-0.25, -0.2) is 0 Å². The summed E-state index contributed by atoms with van der Waals surface area (Å²) in [4.78, 5) is 15.4. The summed E-state index contributed by atoms with van der Waals surface area (Å²) in [5, 5.41) is 0. The molecular formula is C22H25NO2. The van der Waals surface area contributed by atoms with E-state index < -0.39 is 0 Å². The highest BCUT2D eigenvalue weighted by Gasteiger charge is 2.27. The standard InChI is InChI=1S/C22H25NO2/c24-22(19-11-12-21-18(15-19)13-14-25-21)23(20-9-5-2-6-10-20)16-17-7-3-1-4-8-17/h1,3-4,7-8,11-12,15,20H,2,5-6,9-10,13-14,16H2. The summed E-state index contributed by atoms with van der Waals surface area (Å²) in [6.45, 7) is 1.42. The molecule has 1 heterocycles. The maximum atomic E-state index is 13.3. The van der Waals surface area contributed by atoms with E-state index in [0.29, 0.717) is 12.6 Å². The Hall–Kier alpha value is -2.29. The van der Waals surface area contributed by atoms with Gasteiger partial charge in [-0.2, -0.15) is 0 Å². The van der Waals surface area contributed by atoms with E-state index in [1.54, 1.807) is 0 Å². The third-order valence-corrected chi connectivity index (χ3v) is 5.41. The fourth-order valence-electron chi connectivity index (χ4n) is 4.02. The van der Waals surface area contributed by atoms with Crippen LogP contribution in [0.2, 0.25) is 0 Å². The molecule has 4 rings (SSSR count). The summed E-state index contributed by atoms with van der Waals surface area (Å²) in [7, 11) is 0. The molecule has 0 atom stereocenters. The van der Waals surface area contributed by atoms with Crippen molar-refractivity contribution in [2.75, 3.05) is 6.61 Å². The average molecular weight is 335 g/mol. The molecule has 2 aliphatic rings. The van der Waals surface area contributed by atoms with Gasteiger partial charge < -0.3 is 9.64 Å². The lowest BCUT2D eigenvalue weighted by Crippen LogP contribution is -2.41. The number of rotatable bonds is 4. The number of carbonyl (C=O) groups is 1. The maximum Gasteiger partial charge on any atom is 0.254 e. The van der Waals surface area contributed by atoms with Gasteiger partial charge in [0.25, 0.3) is 5.91 Å². The van der Waals surface area contributed by atoms with Crippen LogP contribution in [-0.2, 0) is 13.0 Å². The molecule has 0 unspecified atom stereocenters. The van der Waals surface area contributed by atoms with Gasteiger partial charge in [-0.15, -0.1) is 0 Å². The van der Waals surface area contributed by atoms with Gasteiger partial charge in [-0.05, 0) is 42.2 Å². The summed E-state index contributed by atoms with van der Waals surface area (Å²) in [6.07, 6.45) is 6.88. The topological polar surface area (TPSA) is 29.5 Å². The van der Waals surface area contributed by atoms with Gasteiger partial charge in [0.1, 0.15) is 5.75 Å². The van der Waals surface area contributed by atoms with Gasteiger partial charge in [0.15, 0.2) is 0 Å². The van der Waals surface area contributed by atoms with E-state index in [0.717, 1.165) is 42.7 Å². The van der Waals surface area contributed by atoms with E-state index in [1.165, 1.54) is 24.8 Å². The minimum absolute atomic E-state index is 0.158. The van der Waals surface area contributed by atoms with E-state index in [-0.39, 0.29) is 5.91 Å². The highest BCUT2D eigenvalue weighted by Crippen LogP contribution is 2.29. The molecule has 3 nitrogen and oxygen atoms in total. The fraction of sp³-hybridized carbons (Fsp3) is 0.409. The molecule has 2 aromatic carbocycles. The van der Waals surface area contributed by atoms with Gasteiger partial charge in [-0.3, -0.25) is 4.79 Å². The van der Waals surface area contributed by atoms with Crippen LogP contribution in [0.4, 0.5) is 0 Å². The first-order valence-electron chi connectivity index (χ1n) is 9.42. The summed E-state index contributed by atoms with van der Waals surface area (Å²) in [6, 6.07) is 16.6. The molecule has 1 aliphatic carbocycles. The molecule has 0 saturated heterocycles. The Balaban J connectivity index is 1.60. The van der Waals surface area contributed by atoms with Gasteiger partial charge in [0.05, 0.1) is 6.61 Å². The monoisotopic (exact) mass is 335 g/mol. The van der Waals surface area contributed by atoms with Crippen LogP contribution in [0.5, 0.6) is 5.75 Å². The average Bonchev–Trinajstić information content (AvgIpc) is 3.15. The minimum atomic E-state index is 0.158. The quantitative estimate of drug-likeness (QED) is 0.817. The summed E-state index contributed by atoms with van der Waals surface area (Å²) in [5.74, 6) is 1.09. The van der Waals surface area contributed by atoms with Crippen molar-refractivity contribution in [2.24, 2.45) is 0 Å². The van der Waals surface area contributed by atoms with Crippen molar-refractivity contribution >= 4 is 5.91 Å². The Kier molecular flexibility index (Phi) is 4.73. The summed E-state index contributed by atoms with van der Waals surface area (Å²) < 4.78 is 5.58. The fourth-order valence-corrected chi connectivity index (χ4v) is 4.02. The number of nitrogens with zero attached hydrogens (tertiary/aromatic N) is 1. The van der Waals surface area contributed by atoms with Gasteiger partial charge >= 0.3 is 0 Å². The lowest BCUT2D eigenvalue weighted by molar-refractivity contribution is 0.0614. The third-order valence-electron chi connectivity index (χ3n) is 5.41. The van der Waals surface area contributed by atoms with Crippen LogP contribution in [0.25, 0.3) is 0 Å². The maximum absolute atomic E-state index is 13.3. The molecule has 3 heteroatoms. The SMILES string of the molecule is O=C(c1ccc2c(c1)CCO2)N(Cc1ccccc1)C1CCCCC1. The van der Waals surface area contributed by atoms with Gasteiger partial charge in [0, 0.05) is 24.6 Å². The van der Waals surface area contributed by atoms with E-state index in [2.05, 4.69) is 17.0 Å². The lowest BCUT2D eigenvalue weighted by atomic mass is 9.93. The van der Waals surface area contributed by atoms with Crippen LogP contribution in [-0.4, -0.2) is 23.5 Å². The second-order valence-corrected chi connectivity index (χ2v) is 7.13. The van der Waals surface area contributed by atoms with Crippen molar-refractivity contribution in [2.45, 2.75) is 51.1 Å². The second-order valence-electron chi connectivity index (χ2n) is 7.13. The molecule has 0 N–H and O–H groups in total. The number of ether oxygens (including phenoxy) is 1. The largest absolute Gasteiger partial charge is 0.493 e. The first kappa shape index (κ1) is 16.2. The van der Waals surface area contributed by atoms with E-state index >= 15 is 0 Å². The number of hydrogen-bond donors (Lipinski definition) is 0. The molecule has 1 amide bonds.